The molecule has 1 aliphatic rings. The molecule has 28 heavy (non-hydrogen) atoms. The molecule has 2 heterocycles. The molecule has 1 fully saturated rings. The van der Waals surface area contributed by atoms with E-state index in [2.05, 4.69) is 4.98 Å². The highest BCUT2D eigenvalue weighted by Crippen LogP contribution is 2.29. The van der Waals surface area contributed by atoms with Gasteiger partial charge in [-0.05, 0) is 4.92 Å². The summed E-state index contributed by atoms with van der Waals surface area (Å²) in [5.41, 5.74) is -1.06. The van der Waals surface area contributed by atoms with Crippen molar-refractivity contribution in [2.75, 3.05) is 17.6 Å². The quantitative estimate of drug-likeness (QED) is 0.107. The van der Waals surface area contributed by atoms with Crippen molar-refractivity contribution in [1.82, 2.24) is 9.55 Å². The third-order valence-corrected chi connectivity index (χ3v) is 5.97. The first-order valence-corrected chi connectivity index (χ1v) is 9.55. The highest BCUT2D eigenvalue weighted by atomic mass is 125. The average Bonchev–Trinajstić information content (AvgIpc) is 3.12. The van der Waals surface area contributed by atoms with Crippen LogP contribution in [0.25, 0.3) is 0 Å². The van der Waals surface area contributed by atoms with Crippen LogP contribution in [0.15, 0.2) is 12.4 Å². The van der Waals surface area contributed by atoms with Crippen LogP contribution in [0.1, 0.15) is 0 Å². The summed E-state index contributed by atoms with van der Waals surface area (Å²) in [6, 6.07) is 0. The van der Waals surface area contributed by atoms with Crippen LogP contribution in [0.2, 0.25) is 0 Å². The second kappa shape index (κ2) is 9.38. The first-order valence-electron chi connectivity index (χ1n) is 8.02. The molecule has 0 amide bonds. The Kier molecular flexibility index (Phi) is 7.66. The number of carbonyl (C=O) groups is 1. The third kappa shape index (κ3) is 4.76. The lowest BCUT2D eigenvalue weighted by atomic mass is 9.92. The number of halogens is 1. The fraction of sp³-hybridized carbons (Fsp3) is 0.714. The van der Waals surface area contributed by atoms with Crippen LogP contribution in [-0.2, 0) is 20.8 Å². The van der Waals surface area contributed by atoms with E-state index >= 15 is 0 Å². The summed E-state index contributed by atoms with van der Waals surface area (Å²) in [5, 5.41) is 59.5. The lowest BCUT2D eigenvalue weighted by Gasteiger charge is -2.40. The van der Waals surface area contributed by atoms with Gasteiger partial charge in [0, 0.05) is 4.43 Å². The minimum atomic E-state index is -1.85. The number of aliphatic hydroxyl groups excluding tert-OH is 4. The Morgan fingerprint density at radius 2 is 2.07 bits per heavy atom. The number of hydrogen-bond acceptors (Lipinski definition) is 10. The minimum Gasteiger partial charge on any atom is -0.479 e. The molecule has 13 nitrogen and oxygen atoms in total. The molecular formula is C14H20IN3O10. The Morgan fingerprint density at radius 1 is 1.39 bits per heavy atom. The van der Waals surface area contributed by atoms with Crippen molar-refractivity contribution in [2.24, 2.45) is 5.41 Å². The van der Waals surface area contributed by atoms with E-state index in [9.17, 15) is 35.3 Å². The van der Waals surface area contributed by atoms with Crippen LogP contribution in [0.3, 0.4) is 0 Å². The molecule has 14 heteroatoms. The topological polar surface area (TPSA) is 198 Å². The van der Waals surface area contributed by atoms with Crippen molar-refractivity contribution in [1.29, 1.82) is 0 Å². The maximum atomic E-state index is 11.1. The standard InChI is InChI=1S/C14H20IN3O10/c15-3-14(5-19,4-17-2-1-16-13(17)18(25)26)6-27-12-9(22)7(20)8(21)10(28-12)11(23)24/h1-2,7-10,12,19-22H,3-6H2,(H,23,24)/t7-,8-,9+,10-,12+,14?/m0/s1/i15-2. The fourth-order valence-electron chi connectivity index (χ4n) is 2.67. The number of aliphatic hydroxyl groups is 4. The van der Waals surface area contributed by atoms with Crippen molar-refractivity contribution in [3.05, 3.63) is 22.5 Å². The molecule has 1 aromatic rings. The van der Waals surface area contributed by atoms with Crippen LogP contribution in [0.4, 0.5) is 5.95 Å². The van der Waals surface area contributed by atoms with Crippen molar-refractivity contribution in [3.8, 4) is 0 Å². The first kappa shape index (κ1) is 22.9. The highest BCUT2D eigenvalue weighted by Gasteiger charge is 2.48. The van der Waals surface area contributed by atoms with Gasteiger partial charge in [-0.2, -0.15) is 0 Å². The number of carboxylic acid groups (broad SMARTS) is 1. The second-order valence-corrected chi connectivity index (χ2v) is 7.21. The number of rotatable bonds is 9. The van der Waals surface area contributed by atoms with Crippen molar-refractivity contribution < 1.29 is 44.7 Å². The maximum Gasteiger partial charge on any atom is 0.434 e. The van der Waals surface area contributed by atoms with Crippen molar-refractivity contribution >= 4 is 34.5 Å². The number of aliphatic carboxylic acids is 1. The zero-order valence-electron chi connectivity index (χ0n) is 14.4. The normalized spacial score (nSPS) is 30.0. The minimum absolute atomic E-state index is 0.0564. The highest BCUT2D eigenvalue weighted by molar-refractivity contribution is 14.1. The predicted octanol–water partition coefficient (Wildman–Crippen LogP) is -1.89. The monoisotopic (exact) mass is 515 g/mol. The number of hydrogen-bond donors (Lipinski definition) is 5. The van der Waals surface area contributed by atoms with E-state index in [1.165, 1.54) is 17.0 Å². The van der Waals surface area contributed by atoms with Gasteiger partial charge >= 0.3 is 11.9 Å². The van der Waals surface area contributed by atoms with E-state index in [-0.39, 0.29) is 17.6 Å². The van der Waals surface area contributed by atoms with Gasteiger partial charge in [0.1, 0.15) is 30.7 Å². The predicted molar refractivity (Wildman–Crippen MR) is 97.6 cm³/mol. The molecule has 0 radical (unpaired) electrons. The summed E-state index contributed by atoms with van der Waals surface area (Å²) in [6.07, 6.45) is -6.23. The molecule has 6 atom stereocenters. The zero-order chi connectivity index (χ0) is 21.1. The number of nitrogens with zero attached hydrogens (tertiary/aromatic N) is 3. The molecule has 0 aliphatic carbocycles. The SMILES string of the molecule is O=C(O)[C@H]1O[C@@H](OCC(CO)(C[125I])Cn2ccnc2[N+](=O)[O-])[C@H](O)[C@@H](O)[C@@H]1O. The number of carboxylic acids is 1. The number of ether oxygens (including phenoxy) is 2. The number of alkyl halides is 1. The van der Waals surface area contributed by atoms with Gasteiger partial charge in [-0.25, -0.2) is 9.36 Å². The van der Waals surface area contributed by atoms with Crippen LogP contribution >= 0.6 is 22.6 Å². The van der Waals surface area contributed by atoms with E-state index < -0.39 is 59.6 Å². The maximum absolute atomic E-state index is 11.1. The van der Waals surface area contributed by atoms with Gasteiger partial charge < -0.3 is 45.1 Å². The molecule has 158 valence electrons. The zero-order valence-corrected chi connectivity index (χ0v) is 16.5. The van der Waals surface area contributed by atoms with Crippen molar-refractivity contribution in [2.45, 2.75) is 37.3 Å². The van der Waals surface area contributed by atoms with Gasteiger partial charge in [-0.3, -0.25) is 0 Å². The Morgan fingerprint density at radius 3 is 2.61 bits per heavy atom. The van der Waals surface area contributed by atoms with E-state index in [4.69, 9.17) is 14.6 Å². The van der Waals surface area contributed by atoms with Gasteiger partial charge in [-0.1, -0.05) is 27.6 Å². The van der Waals surface area contributed by atoms with E-state index in [1.807, 2.05) is 22.6 Å². The van der Waals surface area contributed by atoms with Gasteiger partial charge in [0.15, 0.2) is 12.4 Å². The van der Waals surface area contributed by atoms with E-state index in [0.29, 0.717) is 0 Å². The van der Waals surface area contributed by atoms with Gasteiger partial charge in [0.05, 0.1) is 25.2 Å². The Balaban J connectivity index is 2.14. The summed E-state index contributed by atoms with van der Waals surface area (Å²) in [6.45, 7) is -0.806. The number of aromatic nitrogens is 2. The molecule has 0 spiro atoms. The first-order chi connectivity index (χ1) is 13.2. The smallest absolute Gasteiger partial charge is 0.434 e. The fourth-order valence-corrected chi connectivity index (χ4v) is 3.37. The Hall–Kier alpha value is -1.43. The summed E-state index contributed by atoms with van der Waals surface area (Å²) in [4.78, 5) is 25.1. The summed E-state index contributed by atoms with van der Waals surface area (Å²) >= 11 is 1.95. The summed E-state index contributed by atoms with van der Waals surface area (Å²) < 4.78 is 11.9. The van der Waals surface area contributed by atoms with Crippen molar-refractivity contribution in [3.63, 3.8) is 0 Å². The van der Waals surface area contributed by atoms with Crippen LogP contribution in [-0.4, -0.2) is 94.3 Å². The third-order valence-electron chi connectivity index (χ3n) is 4.35. The van der Waals surface area contributed by atoms with Gasteiger partial charge in [0.25, 0.3) is 0 Å². The second-order valence-electron chi connectivity index (χ2n) is 6.45. The van der Waals surface area contributed by atoms with Gasteiger partial charge in [0.2, 0.25) is 0 Å². The molecular weight excluding hydrogens is 495 g/mol. The Labute approximate surface area is 171 Å². The van der Waals surface area contributed by atoms with Crippen LogP contribution in [0.5, 0.6) is 0 Å². The average molecular weight is 515 g/mol. The molecule has 5 N–H and O–H groups in total. The molecule has 1 saturated heterocycles. The molecule has 0 aromatic carbocycles. The van der Waals surface area contributed by atoms with E-state index in [1.54, 1.807) is 0 Å². The van der Waals surface area contributed by atoms with Crippen LogP contribution < -0.4 is 0 Å². The van der Waals surface area contributed by atoms with Crippen LogP contribution in [0, 0.1) is 15.5 Å². The lowest BCUT2D eigenvalue weighted by Crippen LogP contribution is -2.60. The van der Waals surface area contributed by atoms with Gasteiger partial charge in [-0.15, -0.1) is 0 Å². The Bertz CT molecular complexity index is 697. The molecule has 1 unspecified atom stereocenters. The summed E-state index contributed by atoms with van der Waals surface area (Å²) in [5.74, 6) is -1.98. The molecule has 2 rings (SSSR count). The summed E-state index contributed by atoms with van der Waals surface area (Å²) in [7, 11) is 0. The largest absolute Gasteiger partial charge is 0.479 e. The van der Waals surface area contributed by atoms with E-state index in [0.717, 1.165) is 0 Å². The number of imidazole rings is 1. The number of nitro groups is 1. The molecule has 1 aliphatic heterocycles. The molecule has 1 aromatic heterocycles. The molecule has 0 saturated carbocycles. The molecule has 0 bridgehead atoms. The lowest BCUT2D eigenvalue weighted by molar-refractivity contribution is -0.397.